The van der Waals surface area contributed by atoms with Crippen LogP contribution in [0.15, 0.2) is 6.07 Å². The van der Waals surface area contributed by atoms with Crippen molar-refractivity contribution < 1.29 is 27.4 Å². The number of esters is 1. The minimum absolute atomic E-state index is 0.0356. The van der Waals surface area contributed by atoms with Gasteiger partial charge in [0.05, 0.1) is 12.2 Å². The van der Waals surface area contributed by atoms with Crippen LogP contribution in [-0.4, -0.2) is 23.9 Å². The van der Waals surface area contributed by atoms with Gasteiger partial charge in [0.25, 0.3) is 0 Å². The molecule has 0 N–H and O–H groups in total. The lowest BCUT2D eigenvalue weighted by Gasteiger charge is -2.12. The van der Waals surface area contributed by atoms with Crippen LogP contribution >= 0.6 is 34.2 Å². The lowest BCUT2D eigenvalue weighted by molar-refractivity contribution is -0.276. The second-order valence-corrected chi connectivity index (χ2v) is 4.48. The number of hydrogen-bond acceptors (Lipinski definition) is 4. The van der Waals surface area contributed by atoms with Crippen LogP contribution in [0.25, 0.3) is 0 Å². The molecule has 0 saturated carbocycles. The number of carbonyl (C=O) groups is 1. The average molecular weight is 410 g/mol. The van der Waals surface area contributed by atoms with Crippen LogP contribution in [0, 0.1) is 3.70 Å². The molecule has 1 heterocycles. The third-order valence-electron chi connectivity index (χ3n) is 1.88. The van der Waals surface area contributed by atoms with Crippen molar-refractivity contribution in [2.75, 3.05) is 6.61 Å². The summed E-state index contributed by atoms with van der Waals surface area (Å²) in [7, 11) is 0. The Morgan fingerprint density at radius 3 is 2.63 bits per heavy atom. The van der Waals surface area contributed by atoms with Crippen molar-refractivity contribution in [1.82, 2.24) is 4.98 Å². The summed E-state index contributed by atoms with van der Waals surface area (Å²) in [6.07, 6.45) is -4.86. The molecular weight excluding hydrogens is 401 g/mol. The molecule has 0 fully saturated rings. The van der Waals surface area contributed by atoms with Gasteiger partial charge in [-0.1, -0.05) is 0 Å². The Hall–Kier alpha value is -0.770. The van der Waals surface area contributed by atoms with Gasteiger partial charge in [0, 0.05) is 11.9 Å². The highest BCUT2D eigenvalue weighted by atomic mass is 127. The lowest BCUT2D eigenvalue weighted by atomic mass is 10.1. The van der Waals surface area contributed by atoms with Gasteiger partial charge in [-0.25, -0.2) is 9.78 Å². The van der Waals surface area contributed by atoms with Crippen LogP contribution in [0.5, 0.6) is 5.88 Å². The van der Waals surface area contributed by atoms with Gasteiger partial charge in [-0.15, -0.1) is 24.8 Å². The average Bonchev–Trinajstić information content (AvgIpc) is 2.25. The standard InChI is InChI=1S/C10H8ClF3INO3/c1-2-18-9(17)7-5(4-11)3-6(16-8(7)15)19-10(12,13)14/h3H,2,4H2,1H3. The van der Waals surface area contributed by atoms with Crippen molar-refractivity contribution in [3.8, 4) is 5.88 Å². The smallest absolute Gasteiger partial charge is 0.462 e. The molecule has 0 aliphatic rings. The molecule has 0 saturated heterocycles. The molecule has 106 valence electrons. The summed E-state index contributed by atoms with van der Waals surface area (Å²) in [6, 6.07) is 0.967. The minimum Gasteiger partial charge on any atom is -0.462 e. The molecule has 0 aromatic carbocycles. The first kappa shape index (κ1) is 16.3. The summed E-state index contributed by atoms with van der Waals surface area (Å²) in [6.45, 7) is 1.75. The predicted molar refractivity (Wildman–Crippen MR) is 69.2 cm³/mol. The molecule has 0 spiro atoms. The number of nitrogens with zero attached hydrogens (tertiary/aromatic N) is 1. The molecule has 4 nitrogen and oxygen atoms in total. The van der Waals surface area contributed by atoms with Crippen molar-refractivity contribution >= 4 is 40.2 Å². The molecule has 0 unspecified atom stereocenters. The Morgan fingerprint density at radius 2 is 2.16 bits per heavy atom. The third kappa shape index (κ3) is 4.68. The van der Waals surface area contributed by atoms with Crippen LogP contribution in [0.3, 0.4) is 0 Å². The van der Waals surface area contributed by atoms with Crippen molar-refractivity contribution in [3.63, 3.8) is 0 Å². The van der Waals surface area contributed by atoms with Gasteiger partial charge in [0.15, 0.2) is 0 Å². The van der Waals surface area contributed by atoms with Gasteiger partial charge in [0.2, 0.25) is 5.88 Å². The molecule has 0 bridgehead atoms. The largest absolute Gasteiger partial charge is 0.574 e. The van der Waals surface area contributed by atoms with Crippen LogP contribution < -0.4 is 4.74 Å². The van der Waals surface area contributed by atoms with E-state index in [1.165, 1.54) is 0 Å². The van der Waals surface area contributed by atoms with Gasteiger partial charge in [-0.2, -0.15) is 0 Å². The molecule has 1 rings (SSSR count). The van der Waals surface area contributed by atoms with E-state index in [4.69, 9.17) is 16.3 Å². The number of carbonyl (C=O) groups excluding carboxylic acids is 1. The summed E-state index contributed by atoms with van der Waals surface area (Å²) < 4.78 is 44.8. The Kier molecular flexibility index (Phi) is 5.65. The molecule has 0 radical (unpaired) electrons. The Bertz CT molecular complexity index is 482. The van der Waals surface area contributed by atoms with Crippen molar-refractivity contribution in [2.24, 2.45) is 0 Å². The quantitative estimate of drug-likeness (QED) is 0.331. The zero-order chi connectivity index (χ0) is 14.6. The van der Waals surface area contributed by atoms with E-state index < -0.39 is 18.2 Å². The number of pyridine rings is 1. The number of halogens is 5. The van der Waals surface area contributed by atoms with Gasteiger partial charge < -0.3 is 9.47 Å². The summed E-state index contributed by atoms with van der Waals surface area (Å²) >= 11 is 7.24. The highest BCUT2D eigenvalue weighted by molar-refractivity contribution is 14.1. The molecule has 0 aliphatic carbocycles. The van der Waals surface area contributed by atoms with E-state index in [1.807, 2.05) is 0 Å². The monoisotopic (exact) mass is 409 g/mol. The van der Waals surface area contributed by atoms with Crippen LogP contribution in [0.2, 0.25) is 0 Å². The van der Waals surface area contributed by atoms with E-state index in [2.05, 4.69) is 9.72 Å². The zero-order valence-corrected chi connectivity index (χ0v) is 12.5. The molecule has 19 heavy (non-hydrogen) atoms. The summed E-state index contributed by atoms with van der Waals surface area (Å²) in [5.74, 6) is -1.52. The number of aromatic nitrogens is 1. The SMILES string of the molecule is CCOC(=O)c1c(CCl)cc(OC(F)(F)F)nc1I. The van der Waals surface area contributed by atoms with Crippen molar-refractivity contribution in [1.29, 1.82) is 0 Å². The summed E-state index contributed by atoms with van der Waals surface area (Å²) in [4.78, 5) is 15.2. The molecule has 9 heteroatoms. The summed E-state index contributed by atoms with van der Waals surface area (Å²) in [5, 5.41) is 0. The van der Waals surface area contributed by atoms with Gasteiger partial charge in [-0.3, -0.25) is 0 Å². The fourth-order valence-electron chi connectivity index (χ4n) is 1.23. The number of rotatable bonds is 4. The van der Waals surface area contributed by atoms with Crippen molar-refractivity contribution in [3.05, 3.63) is 20.9 Å². The normalized spacial score (nSPS) is 11.3. The minimum atomic E-state index is -4.86. The molecule has 0 atom stereocenters. The van der Waals surface area contributed by atoms with E-state index in [0.717, 1.165) is 6.07 Å². The van der Waals surface area contributed by atoms with E-state index in [0.29, 0.717) is 0 Å². The van der Waals surface area contributed by atoms with E-state index in [9.17, 15) is 18.0 Å². The topological polar surface area (TPSA) is 48.4 Å². The van der Waals surface area contributed by atoms with Crippen LogP contribution in [-0.2, 0) is 10.6 Å². The Morgan fingerprint density at radius 1 is 1.53 bits per heavy atom. The van der Waals surface area contributed by atoms with Gasteiger partial charge in [0.1, 0.15) is 3.70 Å². The first-order chi connectivity index (χ1) is 8.78. The fourth-order valence-corrected chi connectivity index (χ4v) is 2.25. The highest BCUT2D eigenvalue weighted by Crippen LogP contribution is 2.27. The summed E-state index contributed by atoms with van der Waals surface area (Å²) in [5.41, 5.74) is 0.214. The number of hydrogen-bond donors (Lipinski definition) is 0. The van der Waals surface area contributed by atoms with Crippen LogP contribution in [0.1, 0.15) is 22.8 Å². The van der Waals surface area contributed by atoms with Crippen molar-refractivity contribution in [2.45, 2.75) is 19.2 Å². The maximum atomic E-state index is 12.1. The molecule has 0 amide bonds. The number of ether oxygens (including phenoxy) is 2. The first-order valence-corrected chi connectivity index (χ1v) is 6.58. The van der Waals surface area contributed by atoms with Gasteiger partial charge >= 0.3 is 12.3 Å². The first-order valence-electron chi connectivity index (χ1n) is 4.96. The molecule has 0 aliphatic heterocycles. The molecular formula is C10H8ClF3INO3. The predicted octanol–water partition coefficient (Wildman–Crippen LogP) is 3.50. The Balaban J connectivity index is 3.18. The lowest BCUT2D eigenvalue weighted by Crippen LogP contribution is -2.19. The van der Waals surface area contributed by atoms with Gasteiger partial charge in [-0.05, 0) is 35.1 Å². The third-order valence-corrected chi connectivity index (χ3v) is 2.95. The van der Waals surface area contributed by atoms with Crippen LogP contribution in [0.4, 0.5) is 13.2 Å². The zero-order valence-electron chi connectivity index (χ0n) is 9.55. The molecule has 1 aromatic heterocycles. The van der Waals surface area contributed by atoms with E-state index in [-0.39, 0.29) is 27.3 Å². The Labute approximate surface area is 125 Å². The second kappa shape index (κ2) is 6.60. The van der Waals surface area contributed by atoms with E-state index >= 15 is 0 Å². The van der Waals surface area contributed by atoms with E-state index in [1.54, 1.807) is 29.5 Å². The maximum Gasteiger partial charge on any atom is 0.574 e. The fraction of sp³-hybridized carbons (Fsp3) is 0.400. The highest BCUT2D eigenvalue weighted by Gasteiger charge is 2.32. The number of alkyl halides is 4. The molecule has 1 aromatic rings. The maximum absolute atomic E-state index is 12.1. The second-order valence-electron chi connectivity index (χ2n) is 3.19.